The molecule has 0 radical (unpaired) electrons. The van der Waals surface area contributed by atoms with Gasteiger partial charge in [0.05, 0.1) is 6.54 Å². The van der Waals surface area contributed by atoms with Crippen LogP contribution in [0.4, 0.5) is 5.69 Å². The monoisotopic (exact) mass is 464 g/mol. The minimum atomic E-state index is 0. The maximum Gasteiger partial charge on any atom is 0.236 e. The molecule has 1 amide bonds. The predicted molar refractivity (Wildman–Crippen MR) is 133 cm³/mol. The summed E-state index contributed by atoms with van der Waals surface area (Å²) in [5.74, 6) is 1.09. The van der Waals surface area contributed by atoms with Crippen LogP contribution in [0.25, 0.3) is 0 Å². The van der Waals surface area contributed by atoms with Crippen molar-refractivity contribution in [1.82, 2.24) is 9.80 Å². The van der Waals surface area contributed by atoms with Crippen LogP contribution in [0, 0.1) is 12.8 Å². The highest BCUT2D eigenvalue weighted by molar-refractivity contribution is 5.85. The number of nitrogens with zero attached hydrogens (tertiary/aromatic N) is 3. The smallest absolute Gasteiger partial charge is 0.236 e. The summed E-state index contributed by atoms with van der Waals surface area (Å²) in [6.45, 7) is 8.50. The second-order valence-electron chi connectivity index (χ2n) is 8.41. The zero-order valence-electron chi connectivity index (χ0n) is 18.2. The summed E-state index contributed by atoms with van der Waals surface area (Å²) in [5, 5.41) is 0. The van der Waals surface area contributed by atoms with E-state index >= 15 is 0 Å². The molecule has 5 nitrogen and oxygen atoms in total. The normalized spacial score (nSPS) is 21.4. The summed E-state index contributed by atoms with van der Waals surface area (Å²) >= 11 is 0. The lowest BCUT2D eigenvalue weighted by molar-refractivity contribution is -0.132. The van der Waals surface area contributed by atoms with Crippen LogP contribution >= 0.6 is 24.8 Å². The molecule has 2 atom stereocenters. The molecule has 2 saturated heterocycles. The average molecular weight is 465 g/mol. The Morgan fingerprint density at radius 3 is 2.32 bits per heavy atom. The summed E-state index contributed by atoms with van der Waals surface area (Å²) in [6, 6.07) is 19.2. The molecule has 0 saturated carbocycles. The molecule has 0 spiro atoms. The first-order valence-electron chi connectivity index (χ1n) is 10.7. The molecular formula is C24H34Cl2N4O. The molecule has 4 rings (SSSR count). The summed E-state index contributed by atoms with van der Waals surface area (Å²) in [7, 11) is 0. The summed E-state index contributed by atoms with van der Waals surface area (Å²) < 4.78 is 0. The van der Waals surface area contributed by atoms with Gasteiger partial charge in [0.1, 0.15) is 0 Å². The zero-order chi connectivity index (χ0) is 20.2. The van der Waals surface area contributed by atoms with Crippen molar-refractivity contribution >= 4 is 36.4 Å². The van der Waals surface area contributed by atoms with Crippen LogP contribution in [-0.2, 0) is 4.79 Å². The van der Waals surface area contributed by atoms with Gasteiger partial charge < -0.3 is 15.5 Å². The molecule has 2 aliphatic heterocycles. The topological polar surface area (TPSA) is 52.8 Å². The first-order chi connectivity index (χ1) is 14.1. The average Bonchev–Trinajstić information content (AvgIpc) is 3.17. The number of nitrogens with two attached hydrogens (primary N) is 1. The van der Waals surface area contributed by atoms with Gasteiger partial charge in [0.15, 0.2) is 0 Å². The van der Waals surface area contributed by atoms with Crippen LogP contribution in [0.2, 0.25) is 0 Å². The van der Waals surface area contributed by atoms with Gasteiger partial charge in [-0.15, -0.1) is 24.8 Å². The molecule has 2 fully saturated rings. The molecule has 170 valence electrons. The zero-order valence-corrected chi connectivity index (χ0v) is 19.8. The number of anilines is 1. The lowest BCUT2D eigenvalue weighted by Crippen LogP contribution is -2.51. The van der Waals surface area contributed by atoms with Crippen LogP contribution in [0.3, 0.4) is 0 Å². The van der Waals surface area contributed by atoms with Crippen molar-refractivity contribution in [2.24, 2.45) is 11.7 Å². The molecule has 2 aromatic rings. The van der Waals surface area contributed by atoms with Gasteiger partial charge in [-0.3, -0.25) is 9.69 Å². The molecule has 0 aromatic heterocycles. The fourth-order valence-electron chi connectivity index (χ4n) is 4.74. The van der Waals surface area contributed by atoms with Gasteiger partial charge in [-0.2, -0.15) is 0 Å². The van der Waals surface area contributed by atoms with Crippen LogP contribution in [0.15, 0.2) is 54.6 Å². The molecule has 31 heavy (non-hydrogen) atoms. The number of rotatable bonds is 5. The van der Waals surface area contributed by atoms with Crippen molar-refractivity contribution < 1.29 is 4.79 Å². The largest absolute Gasteiger partial charge is 0.368 e. The van der Waals surface area contributed by atoms with Crippen molar-refractivity contribution in [2.75, 3.05) is 57.3 Å². The van der Waals surface area contributed by atoms with E-state index in [4.69, 9.17) is 5.73 Å². The number of carbonyl (C=O) groups is 1. The minimum absolute atomic E-state index is 0. The van der Waals surface area contributed by atoms with Crippen LogP contribution < -0.4 is 10.6 Å². The number of piperazine rings is 1. The number of aryl methyl sites for hydroxylation is 1. The quantitative estimate of drug-likeness (QED) is 0.737. The van der Waals surface area contributed by atoms with Crippen molar-refractivity contribution in [1.29, 1.82) is 0 Å². The molecule has 2 aromatic carbocycles. The van der Waals surface area contributed by atoms with E-state index in [2.05, 4.69) is 65.3 Å². The molecule has 0 aliphatic carbocycles. The van der Waals surface area contributed by atoms with E-state index in [1.165, 1.54) is 16.8 Å². The number of hydrogen-bond donors (Lipinski definition) is 1. The van der Waals surface area contributed by atoms with Gasteiger partial charge >= 0.3 is 0 Å². The molecule has 2 heterocycles. The fraction of sp³-hybridized carbons (Fsp3) is 0.458. The number of amides is 1. The molecule has 7 heteroatoms. The molecular weight excluding hydrogens is 431 g/mol. The van der Waals surface area contributed by atoms with E-state index in [-0.39, 0.29) is 30.7 Å². The van der Waals surface area contributed by atoms with E-state index in [1.54, 1.807) is 0 Å². The number of likely N-dealkylation sites (tertiary alicyclic amines) is 1. The van der Waals surface area contributed by atoms with Gasteiger partial charge in [-0.05, 0) is 42.6 Å². The molecule has 2 aliphatic rings. The van der Waals surface area contributed by atoms with E-state index in [0.717, 1.165) is 39.3 Å². The van der Waals surface area contributed by atoms with Gasteiger partial charge in [-0.25, -0.2) is 0 Å². The van der Waals surface area contributed by atoms with Crippen molar-refractivity contribution in [2.45, 2.75) is 12.8 Å². The van der Waals surface area contributed by atoms with Gasteiger partial charge in [0.2, 0.25) is 5.91 Å². The Bertz CT molecular complexity index is 827. The number of hydrogen-bond acceptors (Lipinski definition) is 4. The Morgan fingerprint density at radius 1 is 0.968 bits per heavy atom. The first-order valence-corrected chi connectivity index (χ1v) is 10.7. The minimum Gasteiger partial charge on any atom is -0.368 e. The van der Waals surface area contributed by atoms with Crippen LogP contribution in [0.5, 0.6) is 0 Å². The van der Waals surface area contributed by atoms with Gasteiger partial charge in [-0.1, -0.05) is 42.5 Å². The highest BCUT2D eigenvalue weighted by Gasteiger charge is 2.34. The van der Waals surface area contributed by atoms with Crippen molar-refractivity contribution in [3.05, 3.63) is 65.7 Å². The standard InChI is InChI=1S/C24H32N4O.2ClH/c1-19-6-5-9-22(14-19)27-10-12-28(13-11-27)24(29)18-26-16-21(15-25)23(17-26)20-7-3-2-4-8-20;;/h2-9,14,21,23H,10-13,15-18,25H2,1H3;2*1H/t21-,23+;;/m1../s1. The Labute approximate surface area is 198 Å². The summed E-state index contributed by atoms with van der Waals surface area (Å²) in [6.07, 6.45) is 0. The Morgan fingerprint density at radius 2 is 1.68 bits per heavy atom. The summed E-state index contributed by atoms with van der Waals surface area (Å²) in [5.41, 5.74) is 9.92. The van der Waals surface area contributed by atoms with Crippen molar-refractivity contribution in [3.8, 4) is 0 Å². The van der Waals surface area contributed by atoms with Crippen LogP contribution in [-0.4, -0.2) is 68.1 Å². The predicted octanol–water partition coefficient (Wildman–Crippen LogP) is 3.16. The van der Waals surface area contributed by atoms with Gasteiger partial charge in [0, 0.05) is 50.9 Å². The molecule has 0 bridgehead atoms. The fourth-order valence-corrected chi connectivity index (χ4v) is 4.74. The molecule has 2 N–H and O–H groups in total. The van der Waals surface area contributed by atoms with Gasteiger partial charge in [0.25, 0.3) is 0 Å². The Hall–Kier alpha value is -1.79. The highest BCUT2D eigenvalue weighted by Crippen LogP contribution is 2.32. The number of benzene rings is 2. The maximum atomic E-state index is 12.9. The van der Waals surface area contributed by atoms with E-state index < -0.39 is 0 Å². The SMILES string of the molecule is Cc1cccc(N2CCN(C(=O)CN3C[C@@H](CN)[C@H](c4ccccc4)C3)CC2)c1.Cl.Cl. The first kappa shape index (κ1) is 25.5. The van der Waals surface area contributed by atoms with E-state index in [1.807, 2.05) is 11.0 Å². The number of carbonyl (C=O) groups excluding carboxylic acids is 1. The summed E-state index contributed by atoms with van der Waals surface area (Å²) in [4.78, 5) is 19.6. The lowest BCUT2D eigenvalue weighted by atomic mass is 9.89. The Kier molecular flexibility index (Phi) is 9.63. The second-order valence-corrected chi connectivity index (χ2v) is 8.41. The third kappa shape index (κ3) is 6.13. The third-order valence-electron chi connectivity index (χ3n) is 6.41. The number of halogens is 2. The third-order valence-corrected chi connectivity index (χ3v) is 6.41. The lowest BCUT2D eigenvalue weighted by Gasteiger charge is -2.37. The Balaban J connectivity index is 0.00000171. The molecule has 0 unspecified atom stereocenters. The van der Waals surface area contributed by atoms with Crippen LogP contribution in [0.1, 0.15) is 17.0 Å². The maximum absolute atomic E-state index is 12.9. The van der Waals surface area contributed by atoms with E-state index in [0.29, 0.717) is 24.9 Å². The highest BCUT2D eigenvalue weighted by atomic mass is 35.5. The van der Waals surface area contributed by atoms with Crippen molar-refractivity contribution in [3.63, 3.8) is 0 Å². The second kappa shape index (κ2) is 11.7. The van der Waals surface area contributed by atoms with E-state index in [9.17, 15) is 4.79 Å².